The number of benzene rings is 1. The van der Waals surface area contributed by atoms with Crippen molar-refractivity contribution in [1.29, 1.82) is 0 Å². The third-order valence-electron chi connectivity index (χ3n) is 1.87. The second kappa shape index (κ2) is 5.19. The highest BCUT2D eigenvalue weighted by Gasteiger charge is 1.99. The van der Waals surface area contributed by atoms with Gasteiger partial charge in [0.15, 0.2) is 6.20 Å². The standard InChI is InChI=1S/C10H9NO.CH4O/c1-12-9-4-5-10-8(7-9)3-2-6-11-10;1-2/h2-7H,1H3;2H,1H3/p+1. The molecule has 1 aromatic carbocycles. The highest BCUT2D eigenvalue weighted by molar-refractivity contribution is 5.76. The van der Waals surface area contributed by atoms with E-state index in [1.165, 1.54) is 0 Å². The summed E-state index contributed by atoms with van der Waals surface area (Å²) in [5.41, 5.74) is 1.12. The van der Waals surface area contributed by atoms with Crippen molar-refractivity contribution in [1.82, 2.24) is 0 Å². The lowest BCUT2D eigenvalue weighted by molar-refractivity contribution is -0.344. The van der Waals surface area contributed by atoms with Gasteiger partial charge in [-0.1, -0.05) is 0 Å². The number of H-pyrrole nitrogens is 1. The van der Waals surface area contributed by atoms with Gasteiger partial charge in [0.25, 0.3) is 0 Å². The Hall–Kier alpha value is -1.61. The smallest absolute Gasteiger partial charge is 0.211 e. The van der Waals surface area contributed by atoms with Crippen LogP contribution in [0.1, 0.15) is 0 Å². The molecule has 0 saturated carbocycles. The fourth-order valence-corrected chi connectivity index (χ4v) is 1.23. The monoisotopic (exact) mass is 192 g/mol. The molecule has 0 aliphatic rings. The van der Waals surface area contributed by atoms with Gasteiger partial charge in [0.2, 0.25) is 5.52 Å². The lowest BCUT2D eigenvalue weighted by Crippen LogP contribution is -2.00. The Bertz CT molecular complexity index is 401. The molecule has 0 aliphatic heterocycles. The van der Waals surface area contributed by atoms with E-state index in [0.717, 1.165) is 23.8 Å². The molecule has 0 radical (unpaired) electrons. The number of methoxy groups -OCH3 is 1. The molecule has 0 amide bonds. The Morgan fingerprint density at radius 3 is 2.71 bits per heavy atom. The number of aliphatic hydroxyl groups is 1. The van der Waals surface area contributed by atoms with Crippen LogP contribution in [0.3, 0.4) is 0 Å². The molecule has 1 aromatic heterocycles. The molecule has 14 heavy (non-hydrogen) atoms. The van der Waals surface area contributed by atoms with Gasteiger partial charge in [0, 0.05) is 24.6 Å². The minimum atomic E-state index is 0.891. The normalized spacial score (nSPS) is 9.07. The van der Waals surface area contributed by atoms with Crippen molar-refractivity contribution >= 4 is 10.9 Å². The summed E-state index contributed by atoms with van der Waals surface area (Å²) in [6.45, 7) is 0. The maximum Gasteiger partial charge on any atom is 0.211 e. The summed E-state index contributed by atoms with van der Waals surface area (Å²) in [6, 6.07) is 9.98. The Morgan fingerprint density at radius 1 is 1.21 bits per heavy atom. The van der Waals surface area contributed by atoms with Crippen molar-refractivity contribution in [3.8, 4) is 5.75 Å². The number of pyridine rings is 1. The summed E-state index contributed by atoms with van der Waals surface area (Å²) >= 11 is 0. The van der Waals surface area contributed by atoms with Gasteiger partial charge in [-0.15, -0.1) is 0 Å². The molecule has 2 aromatic rings. The second-order valence-electron chi connectivity index (χ2n) is 2.62. The van der Waals surface area contributed by atoms with Gasteiger partial charge in [0.1, 0.15) is 5.75 Å². The van der Waals surface area contributed by atoms with Crippen molar-refractivity contribution in [2.75, 3.05) is 14.2 Å². The van der Waals surface area contributed by atoms with Crippen LogP contribution in [0.15, 0.2) is 36.5 Å². The Morgan fingerprint density at radius 2 is 2.00 bits per heavy atom. The third kappa shape index (κ3) is 2.20. The molecule has 0 fully saturated rings. The number of nitrogens with one attached hydrogen (secondary N) is 1. The van der Waals surface area contributed by atoms with Crippen LogP contribution in [0.25, 0.3) is 10.9 Å². The van der Waals surface area contributed by atoms with Crippen molar-refractivity contribution in [3.05, 3.63) is 36.5 Å². The third-order valence-corrected chi connectivity index (χ3v) is 1.87. The molecule has 3 nitrogen and oxygen atoms in total. The van der Waals surface area contributed by atoms with E-state index in [1.807, 2.05) is 36.5 Å². The van der Waals surface area contributed by atoms with E-state index < -0.39 is 0 Å². The first-order valence-electron chi connectivity index (χ1n) is 4.29. The van der Waals surface area contributed by atoms with Crippen molar-refractivity contribution in [3.63, 3.8) is 0 Å². The molecular weight excluding hydrogens is 178 g/mol. The topological polar surface area (TPSA) is 43.6 Å². The van der Waals surface area contributed by atoms with Crippen LogP contribution < -0.4 is 9.72 Å². The molecule has 3 heteroatoms. The molecule has 74 valence electrons. The number of aromatic amines is 1. The first-order chi connectivity index (χ1) is 6.90. The molecule has 0 aliphatic carbocycles. The molecule has 1 heterocycles. The number of hydrogen-bond donors (Lipinski definition) is 1. The molecular formula is C11H14NO2+. The lowest BCUT2D eigenvalue weighted by Gasteiger charge is -1.97. The van der Waals surface area contributed by atoms with Gasteiger partial charge >= 0.3 is 0 Å². The summed E-state index contributed by atoms with van der Waals surface area (Å²) in [6.07, 6.45) is 1.91. The van der Waals surface area contributed by atoms with E-state index in [9.17, 15) is 0 Å². The summed E-state index contributed by atoms with van der Waals surface area (Å²) in [5, 5.41) is 8.16. The van der Waals surface area contributed by atoms with Crippen LogP contribution in [0.2, 0.25) is 0 Å². The van der Waals surface area contributed by atoms with Gasteiger partial charge < -0.3 is 9.84 Å². The first-order valence-corrected chi connectivity index (χ1v) is 4.29. The first kappa shape index (κ1) is 10.5. The maximum absolute atomic E-state index is 7.00. The minimum absolute atomic E-state index is 0.891. The highest BCUT2D eigenvalue weighted by Crippen LogP contribution is 2.16. The van der Waals surface area contributed by atoms with E-state index in [1.54, 1.807) is 7.11 Å². The lowest BCUT2D eigenvalue weighted by atomic mass is 10.2. The van der Waals surface area contributed by atoms with E-state index in [-0.39, 0.29) is 0 Å². The van der Waals surface area contributed by atoms with Gasteiger partial charge in [-0.3, -0.25) is 0 Å². The molecule has 2 rings (SSSR count). The predicted octanol–water partition coefficient (Wildman–Crippen LogP) is 1.27. The van der Waals surface area contributed by atoms with Crippen molar-refractivity contribution in [2.24, 2.45) is 0 Å². The van der Waals surface area contributed by atoms with Crippen LogP contribution in [-0.2, 0) is 0 Å². The fraction of sp³-hybridized carbons (Fsp3) is 0.182. The van der Waals surface area contributed by atoms with Crippen molar-refractivity contribution < 1.29 is 14.8 Å². The van der Waals surface area contributed by atoms with Crippen molar-refractivity contribution in [2.45, 2.75) is 0 Å². The number of hydrogen-bond acceptors (Lipinski definition) is 2. The molecule has 2 N–H and O–H groups in total. The Labute approximate surface area is 83.0 Å². The molecule has 0 atom stereocenters. The average molecular weight is 192 g/mol. The van der Waals surface area contributed by atoms with Crippen LogP contribution >= 0.6 is 0 Å². The zero-order chi connectivity index (χ0) is 10.4. The SMILES string of the molecule is CO.COc1ccc2[nH+]cccc2c1. The number of ether oxygens (including phenoxy) is 1. The van der Waals surface area contributed by atoms with Crippen LogP contribution in [0.5, 0.6) is 5.75 Å². The molecule has 0 bridgehead atoms. The van der Waals surface area contributed by atoms with E-state index in [2.05, 4.69) is 4.98 Å². The highest BCUT2D eigenvalue weighted by atomic mass is 16.5. The summed E-state index contributed by atoms with van der Waals surface area (Å²) in [5.74, 6) is 0.891. The molecule has 0 saturated heterocycles. The number of aliphatic hydroxyl groups excluding tert-OH is 1. The maximum atomic E-state index is 7.00. The zero-order valence-electron chi connectivity index (χ0n) is 8.32. The van der Waals surface area contributed by atoms with Gasteiger partial charge in [-0.05, 0) is 18.2 Å². The zero-order valence-corrected chi connectivity index (χ0v) is 8.32. The van der Waals surface area contributed by atoms with E-state index in [4.69, 9.17) is 9.84 Å². The average Bonchev–Trinajstić information content (AvgIpc) is 2.31. The fourth-order valence-electron chi connectivity index (χ4n) is 1.23. The molecule has 0 spiro atoms. The Kier molecular flexibility index (Phi) is 3.88. The number of aromatic nitrogens is 1. The summed E-state index contributed by atoms with van der Waals surface area (Å²) < 4.78 is 5.11. The van der Waals surface area contributed by atoms with E-state index in [0.29, 0.717) is 0 Å². The van der Waals surface area contributed by atoms with Gasteiger partial charge in [-0.25, -0.2) is 4.98 Å². The van der Waals surface area contributed by atoms with Gasteiger partial charge in [0.05, 0.1) is 7.11 Å². The summed E-state index contributed by atoms with van der Waals surface area (Å²) in [7, 11) is 2.67. The second-order valence-corrected chi connectivity index (χ2v) is 2.62. The number of fused-ring (bicyclic) bond motifs is 1. The minimum Gasteiger partial charge on any atom is -0.497 e. The number of rotatable bonds is 1. The molecule has 0 unspecified atom stereocenters. The predicted molar refractivity (Wildman–Crippen MR) is 55.2 cm³/mol. The van der Waals surface area contributed by atoms with Crippen LogP contribution in [-0.4, -0.2) is 19.3 Å². The summed E-state index contributed by atoms with van der Waals surface area (Å²) in [4.78, 5) is 3.15. The Balaban J connectivity index is 0.000000461. The van der Waals surface area contributed by atoms with E-state index >= 15 is 0 Å². The quantitative estimate of drug-likeness (QED) is 0.739. The van der Waals surface area contributed by atoms with Crippen LogP contribution in [0.4, 0.5) is 0 Å². The largest absolute Gasteiger partial charge is 0.497 e. The van der Waals surface area contributed by atoms with Gasteiger partial charge in [-0.2, -0.15) is 0 Å². The van der Waals surface area contributed by atoms with Crippen LogP contribution in [0, 0.1) is 0 Å².